The van der Waals surface area contributed by atoms with E-state index in [0.717, 1.165) is 0 Å². The molecule has 160 valence electrons. The predicted octanol–water partition coefficient (Wildman–Crippen LogP) is 3.05. The molecule has 2 amide bonds. The van der Waals surface area contributed by atoms with E-state index >= 15 is 0 Å². The second kappa shape index (κ2) is 11.2. The van der Waals surface area contributed by atoms with Crippen LogP contribution >= 0.6 is 0 Å². The first-order valence-corrected chi connectivity index (χ1v) is 9.64. The van der Waals surface area contributed by atoms with Crippen molar-refractivity contribution < 1.29 is 23.9 Å². The summed E-state index contributed by atoms with van der Waals surface area (Å²) in [6.45, 7) is 12.4. The van der Waals surface area contributed by atoms with E-state index in [9.17, 15) is 14.4 Å². The molecule has 2 unspecified atom stereocenters. The van der Waals surface area contributed by atoms with Crippen molar-refractivity contribution in [2.75, 3.05) is 6.61 Å². The maximum absolute atomic E-state index is 13.1. The van der Waals surface area contributed by atoms with Gasteiger partial charge < -0.3 is 20.1 Å². The van der Waals surface area contributed by atoms with E-state index in [-0.39, 0.29) is 12.5 Å². The average Bonchev–Trinajstić information content (AvgIpc) is 2.89. The Balaban J connectivity index is 3.03. The lowest BCUT2D eigenvalue weighted by molar-refractivity contribution is -0.148. The number of amides is 2. The van der Waals surface area contributed by atoms with Crippen LogP contribution in [-0.4, -0.2) is 42.3 Å². The first-order valence-electron chi connectivity index (χ1n) is 9.64. The van der Waals surface area contributed by atoms with Crippen molar-refractivity contribution in [1.82, 2.24) is 10.6 Å². The van der Waals surface area contributed by atoms with Crippen molar-refractivity contribution in [2.45, 2.75) is 52.3 Å². The maximum Gasteiger partial charge on any atom is 0.408 e. The predicted molar refractivity (Wildman–Crippen MR) is 112 cm³/mol. The van der Waals surface area contributed by atoms with Crippen LogP contribution < -0.4 is 10.6 Å². The van der Waals surface area contributed by atoms with E-state index in [1.165, 1.54) is 6.08 Å². The van der Waals surface area contributed by atoms with Gasteiger partial charge in [0.15, 0.2) is 0 Å². The fourth-order valence-corrected chi connectivity index (χ4v) is 2.54. The van der Waals surface area contributed by atoms with E-state index in [1.54, 1.807) is 58.9 Å². The molecule has 1 rings (SSSR count). The molecule has 0 heterocycles. The molecule has 1 aliphatic carbocycles. The fraction of sp³-hybridized carbons (Fsp3) is 0.500. The van der Waals surface area contributed by atoms with Crippen molar-refractivity contribution in [3.63, 3.8) is 0 Å². The topological polar surface area (TPSA) is 93.7 Å². The highest BCUT2D eigenvalue weighted by atomic mass is 16.6. The fourth-order valence-electron chi connectivity index (χ4n) is 2.54. The summed E-state index contributed by atoms with van der Waals surface area (Å²) >= 11 is 0. The van der Waals surface area contributed by atoms with Crippen LogP contribution in [0.1, 0.15) is 34.6 Å². The number of allylic oxidation sites excluding steroid dienone is 4. The highest BCUT2D eigenvalue weighted by Gasteiger charge is 2.33. The average molecular weight is 405 g/mol. The van der Waals surface area contributed by atoms with Crippen molar-refractivity contribution >= 4 is 18.0 Å². The molecule has 2 N–H and O–H groups in total. The molecule has 0 spiro atoms. The first kappa shape index (κ1) is 24.2. The van der Waals surface area contributed by atoms with Gasteiger partial charge in [-0.25, -0.2) is 9.59 Å². The van der Waals surface area contributed by atoms with E-state index in [0.29, 0.717) is 0 Å². The van der Waals surface area contributed by atoms with Crippen LogP contribution in [-0.2, 0) is 19.1 Å². The van der Waals surface area contributed by atoms with Gasteiger partial charge in [0.25, 0.3) is 0 Å². The summed E-state index contributed by atoms with van der Waals surface area (Å²) in [4.78, 5) is 37.7. The Bertz CT molecular complexity index is 670. The molecule has 0 radical (unpaired) electrons. The van der Waals surface area contributed by atoms with Crippen LogP contribution in [0.3, 0.4) is 0 Å². The Labute approximate surface area is 172 Å². The van der Waals surface area contributed by atoms with Crippen LogP contribution in [0.5, 0.6) is 0 Å². The van der Waals surface area contributed by atoms with E-state index in [1.807, 2.05) is 12.2 Å². The molecule has 0 saturated heterocycles. The Kier molecular flexibility index (Phi) is 9.38. The zero-order valence-electron chi connectivity index (χ0n) is 17.8. The van der Waals surface area contributed by atoms with Gasteiger partial charge in [0, 0.05) is 5.92 Å². The smallest absolute Gasteiger partial charge is 0.408 e. The van der Waals surface area contributed by atoms with Crippen molar-refractivity contribution in [1.29, 1.82) is 0 Å². The molecule has 0 bridgehead atoms. The van der Waals surface area contributed by atoms with Gasteiger partial charge in [0.1, 0.15) is 24.3 Å². The number of rotatable bonds is 8. The Morgan fingerprint density at radius 2 is 1.66 bits per heavy atom. The van der Waals surface area contributed by atoms with Gasteiger partial charge >= 0.3 is 12.1 Å². The second-order valence-corrected chi connectivity index (χ2v) is 8.00. The SMILES string of the molecule is C=CCOC(=O)C(NC(=O)C(NC(=O)OC(C)(C)C)C1C=CC=CC=C1)C(C)C. The quantitative estimate of drug-likeness (QED) is 0.479. The van der Waals surface area contributed by atoms with Crippen molar-refractivity contribution in [3.8, 4) is 0 Å². The Morgan fingerprint density at radius 3 is 2.14 bits per heavy atom. The van der Waals surface area contributed by atoms with Crippen LogP contribution in [0, 0.1) is 11.8 Å². The number of hydrogen-bond acceptors (Lipinski definition) is 5. The van der Waals surface area contributed by atoms with Crippen LogP contribution in [0.2, 0.25) is 0 Å². The van der Waals surface area contributed by atoms with Crippen LogP contribution in [0.15, 0.2) is 49.1 Å². The number of nitrogens with one attached hydrogen (secondary N) is 2. The molecule has 0 aromatic rings. The largest absolute Gasteiger partial charge is 0.460 e. The van der Waals surface area contributed by atoms with Gasteiger partial charge in [0.2, 0.25) is 5.91 Å². The van der Waals surface area contributed by atoms with Crippen LogP contribution in [0.4, 0.5) is 4.79 Å². The summed E-state index contributed by atoms with van der Waals surface area (Å²) in [5, 5.41) is 5.33. The second-order valence-electron chi connectivity index (χ2n) is 8.00. The zero-order chi connectivity index (χ0) is 22.0. The van der Waals surface area contributed by atoms with Gasteiger partial charge in [-0.2, -0.15) is 0 Å². The molecule has 0 aliphatic heterocycles. The number of ether oxygens (including phenoxy) is 2. The Morgan fingerprint density at radius 1 is 1.07 bits per heavy atom. The number of esters is 1. The molecule has 0 fully saturated rings. The number of hydrogen-bond donors (Lipinski definition) is 2. The third kappa shape index (κ3) is 8.81. The monoisotopic (exact) mass is 404 g/mol. The summed E-state index contributed by atoms with van der Waals surface area (Å²) in [6, 6.07) is -1.83. The summed E-state index contributed by atoms with van der Waals surface area (Å²) in [5.41, 5.74) is -0.712. The molecule has 0 aromatic heterocycles. The van der Waals surface area contributed by atoms with Gasteiger partial charge in [-0.05, 0) is 26.7 Å². The third-order valence-corrected chi connectivity index (χ3v) is 3.90. The van der Waals surface area contributed by atoms with Crippen molar-refractivity contribution in [3.05, 3.63) is 49.1 Å². The van der Waals surface area contributed by atoms with Crippen LogP contribution in [0.25, 0.3) is 0 Å². The number of alkyl carbamates (subject to hydrolysis) is 1. The molecular weight excluding hydrogens is 372 g/mol. The van der Waals surface area contributed by atoms with E-state index < -0.39 is 41.6 Å². The minimum absolute atomic E-state index is 0.0529. The first-order chi connectivity index (χ1) is 13.5. The van der Waals surface area contributed by atoms with Gasteiger partial charge in [-0.1, -0.05) is 63.0 Å². The van der Waals surface area contributed by atoms with Gasteiger partial charge in [-0.15, -0.1) is 0 Å². The lowest BCUT2D eigenvalue weighted by atomic mass is 9.96. The molecule has 7 heteroatoms. The highest BCUT2D eigenvalue weighted by molar-refractivity contribution is 5.90. The van der Waals surface area contributed by atoms with Crippen molar-refractivity contribution in [2.24, 2.45) is 11.8 Å². The molecular formula is C22H32N2O5. The van der Waals surface area contributed by atoms with E-state index in [2.05, 4.69) is 17.2 Å². The molecule has 29 heavy (non-hydrogen) atoms. The third-order valence-electron chi connectivity index (χ3n) is 3.90. The summed E-state index contributed by atoms with van der Waals surface area (Å²) < 4.78 is 10.4. The lowest BCUT2D eigenvalue weighted by Gasteiger charge is -2.28. The minimum Gasteiger partial charge on any atom is -0.460 e. The standard InChI is InChI=1S/C22H32N2O5/c1-7-14-28-20(26)17(15(2)3)23-19(25)18(16-12-10-8-9-11-13-16)24-21(27)29-22(4,5)6/h7-13,15-18H,1,14H2,2-6H3,(H,23,25)(H,24,27). The maximum atomic E-state index is 13.1. The summed E-state index contributed by atoms with van der Waals surface area (Å²) in [7, 11) is 0. The van der Waals surface area contributed by atoms with Gasteiger partial charge in [-0.3, -0.25) is 4.79 Å². The molecule has 7 nitrogen and oxygen atoms in total. The molecule has 0 saturated carbocycles. The zero-order valence-corrected chi connectivity index (χ0v) is 17.8. The summed E-state index contributed by atoms with van der Waals surface area (Å²) in [6.07, 6.45) is 11.6. The highest BCUT2D eigenvalue weighted by Crippen LogP contribution is 2.15. The normalized spacial score (nSPS) is 15.9. The number of carbonyl (C=O) groups is 3. The number of carbonyl (C=O) groups excluding carboxylic acids is 3. The Hall–Kier alpha value is -2.83. The molecule has 1 aliphatic rings. The molecule has 2 atom stereocenters. The minimum atomic E-state index is -0.967. The van der Waals surface area contributed by atoms with Gasteiger partial charge in [0.05, 0.1) is 0 Å². The summed E-state index contributed by atoms with van der Waals surface area (Å²) in [5.74, 6) is -1.70. The van der Waals surface area contributed by atoms with E-state index in [4.69, 9.17) is 9.47 Å². The lowest BCUT2D eigenvalue weighted by Crippen LogP contribution is -2.56. The molecule has 0 aromatic carbocycles.